The van der Waals surface area contributed by atoms with Crippen LogP contribution in [0.2, 0.25) is 0 Å². The largest absolute Gasteiger partial charge is 0.416 e. The average Bonchev–Trinajstić information content (AvgIpc) is 2.61. The highest BCUT2D eigenvalue weighted by molar-refractivity contribution is 7.70. The van der Waals surface area contributed by atoms with Crippen LogP contribution in [0.1, 0.15) is 5.56 Å². The first kappa shape index (κ1) is 19.2. The zero-order chi connectivity index (χ0) is 19.7. The Labute approximate surface area is 156 Å². The Balaban J connectivity index is 1.89. The van der Waals surface area contributed by atoms with Gasteiger partial charge in [0.15, 0.2) is 0 Å². The molecule has 2 nitrogen and oxygen atoms in total. The van der Waals surface area contributed by atoms with Crippen molar-refractivity contribution < 1.29 is 17.7 Å². The maximum absolute atomic E-state index is 12.7. The maximum Gasteiger partial charge on any atom is 0.416 e. The van der Waals surface area contributed by atoms with Crippen molar-refractivity contribution in [2.45, 2.75) is 6.18 Å². The molecule has 3 aromatic carbocycles. The Morgan fingerprint density at radius 2 is 1.41 bits per heavy atom. The Morgan fingerprint density at radius 1 is 0.815 bits per heavy atom. The Kier molecular flexibility index (Phi) is 5.16. The van der Waals surface area contributed by atoms with Gasteiger partial charge in [0.1, 0.15) is 7.14 Å². The summed E-state index contributed by atoms with van der Waals surface area (Å²) in [6.07, 6.45) is -4.35. The number of alkyl halides is 3. The zero-order valence-corrected chi connectivity index (χ0v) is 15.8. The molecule has 27 heavy (non-hydrogen) atoms. The number of halogens is 3. The number of anilines is 2. The molecule has 3 rings (SSSR count). The first-order valence-electron chi connectivity index (χ1n) is 8.34. The number of nitrogens with one attached hydrogen (secondary N) is 1. The van der Waals surface area contributed by atoms with Crippen molar-refractivity contribution in [2.75, 3.05) is 18.6 Å². The van der Waals surface area contributed by atoms with Gasteiger partial charge < -0.3 is 9.88 Å². The van der Waals surface area contributed by atoms with Gasteiger partial charge in [0.2, 0.25) is 0 Å². The molecule has 0 saturated heterocycles. The lowest BCUT2D eigenvalue weighted by Crippen LogP contribution is -2.04. The van der Waals surface area contributed by atoms with E-state index in [0.717, 1.165) is 34.3 Å². The highest BCUT2D eigenvalue weighted by Gasteiger charge is 2.29. The first-order chi connectivity index (χ1) is 12.6. The van der Waals surface area contributed by atoms with Crippen LogP contribution in [0, 0.1) is 0 Å². The lowest BCUT2D eigenvalue weighted by molar-refractivity contribution is -0.137. The number of rotatable bonds is 4. The first-order valence-corrected chi connectivity index (χ1v) is 10.9. The number of para-hydroxylation sites is 1. The summed E-state index contributed by atoms with van der Waals surface area (Å²) in [7, 11) is -2.32. The van der Waals surface area contributed by atoms with Crippen molar-refractivity contribution in [3.63, 3.8) is 0 Å². The van der Waals surface area contributed by atoms with Crippen LogP contribution in [0.5, 0.6) is 0 Å². The predicted octanol–water partition coefficient (Wildman–Crippen LogP) is 6.36. The lowest BCUT2D eigenvalue weighted by Gasteiger charge is -2.14. The SMILES string of the molecule is CP(C)(=O)c1ccc(-c2ccccc2Nc2ccc(C(F)(F)F)cc2)cc1. The third kappa shape index (κ3) is 4.61. The monoisotopic (exact) mass is 389 g/mol. The molecular formula is C21H19F3NOP. The topological polar surface area (TPSA) is 29.1 Å². The summed E-state index contributed by atoms with van der Waals surface area (Å²) < 4.78 is 50.3. The molecule has 0 fully saturated rings. The van der Waals surface area contributed by atoms with E-state index in [-0.39, 0.29) is 0 Å². The molecule has 0 radical (unpaired) electrons. The number of benzene rings is 3. The second-order valence-corrected chi connectivity index (χ2v) is 9.86. The molecule has 0 bridgehead atoms. The molecule has 0 atom stereocenters. The van der Waals surface area contributed by atoms with Gasteiger partial charge in [-0.25, -0.2) is 0 Å². The standard InChI is InChI=1S/C21H19F3NOP/c1-27(2,26)18-13-7-15(8-14-18)19-5-3-4-6-20(19)25-17-11-9-16(10-12-17)21(22,23)24/h3-14,25H,1-2H3. The van der Waals surface area contributed by atoms with Gasteiger partial charge in [-0.1, -0.05) is 42.5 Å². The van der Waals surface area contributed by atoms with Gasteiger partial charge in [0.25, 0.3) is 0 Å². The van der Waals surface area contributed by atoms with E-state index in [1.54, 1.807) is 13.3 Å². The summed E-state index contributed by atoms with van der Waals surface area (Å²) in [5.41, 5.74) is 2.51. The fraction of sp³-hybridized carbons (Fsp3) is 0.143. The second-order valence-electron chi connectivity index (χ2n) is 6.64. The van der Waals surface area contributed by atoms with E-state index < -0.39 is 18.9 Å². The Morgan fingerprint density at radius 3 is 1.96 bits per heavy atom. The van der Waals surface area contributed by atoms with E-state index in [0.29, 0.717) is 5.69 Å². The van der Waals surface area contributed by atoms with Gasteiger partial charge in [-0.3, -0.25) is 0 Å². The van der Waals surface area contributed by atoms with Gasteiger partial charge in [-0.2, -0.15) is 13.2 Å². The van der Waals surface area contributed by atoms with Gasteiger partial charge in [0.05, 0.1) is 5.56 Å². The van der Waals surface area contributed by atoms with Crippen molar-refractivity contribution in [3.05, 3.63) is 78.4 Å². The molecule has 0 saturated carbocycles. The summed E-state index contributed by atoms with van der Waals surface area (Å²) in [4.78, 5) is 0. The third-order valence-corrected chi connectivity index (χ3v) is 5.76. The Bertz CT molecular complexity index is 974. The molecule has 0 aromatic heterocycles. The maximum atomic E-state index is 12.7. The molecule has 0 spiro atoms. The highest BCUT2D eigenvalue weighted by Crippen LogP contribution is 2.36. The summed E-state index contributed by atoms with van der Waals surface area (Å²) in [6.45, 7) is 3.45. The molecule has 0 heterocycles. The van der Waals surface area contributed by atoms with Crippen LogP contribution in [-0.2, 0) is 10.7 Å². The van der Waals surface area contributed by atoms with E-state index >= 15 is 0 Å². The quantitative estimate of drug-likeness (QED) is 0.526. The number of hydrogen-bond acceptors (Lipinski definition) is 2. The van der Waals surface area contributed by atoms with E-state index in [2.05, 4.69) is 5.32 Å². The van der Waals surface area contributed by atoms with Crippen molar-refractivity contribution in [1.82, 2.24) is 0 Å². The second kappa shape index (κ2) is 7.24. The summed E-state index contributed by atoms with van der Waals surface area (Å²) in [5.74, 6) is 0. The minimum Gasteiger partial charge on any atom is -0.355 e. The van der Waals surface area contributed by atoms with Crippen molar-refractivity contribution in [2.24, 2.45) is 0 Å². The van der Waals surface area contributed by atoms with Crippen LogP contribution in [-0.4, -0.2) is 13.3 Å². The molecule has 6 heteroatoms. The summed E-state index contributed by atoms with van der Waals surface area (Å²) >= 11 is 0. The molecule has 0 aliphatic carbocycles. The van der Waals surface area contributed by atoms with Crippen LogP contribution in [0.4, 0.5) is 24.5 Å². The van der Waals surface area contributed by atoms with E-state index in [4.69, 9.17) is 0 Å². The Hall–Kier alpha value is -2.52. The van der Waals surface area contributed by atoms with E-state index in [1.165, 1.54) is 12.1 Å². The van der Waals surface area contributed by atoms with Crippen LogP contribution < -0.4 is 10.6 Å². The summed E-state index contributed by atoms with van der Waals surface area (Å²) in [6, 6.07) is 20.0. The minimum absolute atomic E-state index is 0.568. The van der Waals surface area contributed by atoms with Crippen LogP contribution >= 0.6 is 7.14 Å². The fourth-order valence-corrected chi connectivity index (χ4v) is 3.61. The van der Waals surface area contributed by atoms with Gasteiger partial charge >= 0.3 is 6.18 Å². The van der Waals surface area contributed by atoms with Gasteiger partial charge in [0, 0.05) is 22.2 Å². The third-order valence-electron chi connectivity index (χ3n) is 4.22. The predicted molar refractivity (Wildman–Crippen MR) is 106 cm³/mol. The zero-order valence-electron chi connectivity index (χ0n) is 14.9. The van der Waals surface area contributed by atoms with Crippen molar-refractivity contribution in [3.8, 4) is 11.1 Å². The fourth-order valence-electron chi connectivity index (χ4n) is 2.74. The molecule has 0 aliphatic rings. The van der Waals surface area contributed by atoms with Crippen LogP contribution in [0.25, 0.3) is 11.1 Å². The summed E-state index contributed by atoms with van der Waals surface area (Å²) in [5, 5.41) is 3.98. The molecule has 140 valence electrons. The van der Waals surface area contributed by atoms with Crippen LogP contribution in [0.15, 0.2) is 72.8 Å². The molecule has 0 amide bonds. The van der Waals surface area contributed by atoms with Crippen molar-refractivity contribution >= 4 is 23.8 Å². The molecular weight excluding hydrogens is 370 g/mol. The highest BCUT2D eigenvalue weighted by atomic mass is 31.2. The molecule has 0 unspecified atom stereocenters. The molecule has 0 aliphatic heterocycles. The van der Waals surface area contributed by atoms with Gasteiger partial charge in [-0.15, -0.1) is 0 Å². The van der Waals surface area contributed by atoms with E-state index in [1.807, 2.05) is 48.5 Å². The lowest BCUT2D eigenvalue weighted by atomic mass is 10.0. The minimum atomic E-state index is -4.35. The normalized spacial score (nSPS) is 12.0. The molecule has 1 N–H and O–H groups in total. The van der Waals surface area contributed by atoms with Gasteiger partial charge in [-0.05, 0) is 49.2 Å². The molecule has 3 aromatic rings. The smallest absolute Gasteiger partial charge is 0.355 e. The van der Waals surface area contributed by atoms with Crippen LogP contribution in [0.3, 0.4) is 0 Å². The number of hydrogen-bond donors (Lipinski definition) is 1. The van der Waals surface area contributed by atoms with E-state index in [9.17, 15) is 17.7 Å². The average molecular weight is 389 g/mol. The van der Waals surface area contributed by atoms with Crippen molar-refractivity contribution in [1.29, 1.82) is 0 Å².